The number of benzene rings is 3. The van der Waals surface area contributed by atoms with Crippen molar-refractivity contribution in [3.05, 3.63) is 77.1 Å². The van der Waals surface area contributed by atoms with Crippen molar-refractivity contribution in [3.63, 3.8) is 0 Å². The highest BCUT2D eigenvalue weighted by Crippen LogP contribution is 2.40. The van der Waals surface area contributed by atoms with Gasteiger partial charge in [-0.15, -0.1) is 0 Å². The molecule has 0 unspecified atom stereocenters. The maximum absolute atomic E-state index is 13.5. The van der Waals surface area contributed by atoms with Crippen molar-refractivity contribution in [2.24, 2.45) is 0 Å². The largest absolute Gasteiger partial charge is 0.397 e. The Morgan fingerprint density at radius 1 is 0.774 bits per heavy atom. The van der Waals surface area contributed by atoms with Gasteiger partial charge in [0.05, 0.1) is 11.4 Å². The highest BCUT2D eigenvalue weighted by atomic mass is 19.1. The highest BCUT2D eigenvalue weighted by Gasteiger charge is 2.19. The van der Waals surface area contributed by atoms with E-state index < -0.39 is 0 Å². The van der Waals surface area contributed by atoms with Crippen LogP contribution in [-0.2, 0) is 5.41 Å². The summed E-state index contributed by atoms with van der Waals surface area (Å²) in [5.41, 5.74) is 15.0. The first-order chi connectivity index (χ1) is 14.5. The molecule has 0 heterocycles. The molecule has 0 aliphatic rings. The van der Waals surface area contributed by atoms with Crippen molar-refractivity contribution < 1.29 is 4.39 Å². The Kier molecular flexibility index (Phi) is 6.45. The number of nitrogens with one attached hydrogen (secondary N) is 1. The average molecular weight is 419 g/mol. The quantitative estimate of drug-likeness (QED) is 0.408. The van der Waals surface area contributed by atoms with Crippen LogP contribution >= 0.6 is 0 Å². The van der Waals surface area contributed by atoms with Gasteiger partial charge in [-0.1, -0.05) is 66.7 Å². The summed E-state index contributed by atoms with van der Waals surface area (Å²) in [7, 11) is 0. The number of nitrogens with two attached hydrogens (primary N) is 1. The molecule has 0 aliphatic heterocycles. The second-order valence-electron chi connectivity index (χ2n) is 10.0. The number of hydrogen-bond donors (Lipinski definition) is 2. The molecule has 0 saturated heterocycles. The van der Waals surface area contributed by atoms with Crippen molar-refractivity contribution in [1.29, 1.82) is 0 Å². The fraction of sp³-hybridized carbons (Fsp3) is 0.357. The highest BCUT2D eigenvalue weighted by molar-refractivity contribution is 5.80. The van der Waals surface area contributed by atoms with Gasteiger partial charge in [-0.25, -0.2) is 4.39 Å². The lowest BCUT2D eigenvalue weighted by Gasteiger charge is -2.25. The van der Waals surface area contributed by atoms with Crippen molar-refractivity contribution in [1.82, 2.24) is 0 Å². The molecule has 2 nitrogen and oxygen atoms in total. The Hall–Kier alpha value is -2.81. The van der Waals surface area contributed by atoms with E-state index in [1.54, 1.807) is 0 Å². The lowest BCUT2D eigenvalue weighted by atomic mass is 9.86. The fourth-order valence-corrected chi connectivity index (χ4v) is 3.82. The molecular formula is C28H35FN2. The smallest absolute Gasteiger partial charge is 0.123 e. The molecule has 0 aliphatic carbocycles. The van der Waals surface area contributed by atoms with Crippen molar-refractivity contribution >= 4 is 17.1 Å². The Labute approximate surface area is 186 Å². The fourth-order valence-electron chi connectivity index (χ4n) is 3.82. The van der Waals surface area contributed by atoms with Crippen LogP contribution in [0.15, 0.2) is 54.6 Å². The third-order valence-corrected chi connectivity index (χ3v) is 5.80. The molecule has 3 N–H and O–H groups in total. The summed E-state index contributed by atoms with van der Waals surface area (Å²) < 4.78 is 13.5. The van der Waals surface area contributed by atoms with E-state index in [0.717, 1.165) is 28.2 Å². The van der Waals surface area contributed by atoms with Gasteiger partial charge >= 0.3 is 0 Å². The van der Waals surface area contributed by atoms with Crippen molar-refractivity contribution in [2.45, 2.75) is 65.7 Å². The molecule has 0 aromatic heterocycles. The van der Waals surface area contributed by atoms with E-state index in [1.165, 1.54) is 28.8 Å². The molecule has 3 aromatic rings. The molecule has 0 bridgehead atoms. The number of rotatable bonds is 5. The van der Waals surface area contributed by atoms with E-state index in [0.29, 0.717) is 11.8 Å². The Morgan fingerprint density at radius 3 is 1.81 bits per heavy atom. The van der Waals surface area contributed by atoms with Crippen LogP contribution < -0.4 is 11.1 Å². The zero-order valence-electron chi connectivity index (χ0n) is 19.8. The summed E-state index contributed by atoms with van der Waals surface area (Å²) in [6, 6.07) is 17.4. The van der Waals surface area contributed by atoms with Crippen molar-refractivity contribution in [3.8, 4) is 11.1 Å². The van der Waals surface area contributed by atoms with Crippen LogP contribution in [0.1, 0.15) is 77.0 Å². The molecule has 0 spiro atoms. The van der Waals surface area contributed by atoms with E-state index >= 15 is 0 Å². The molecule has 0 fully saturated rings. The molecular weight excluding hydrogens is 383 g/mol. The molecule has 164 valence electrons. The van der Waals surface area contributed by atoms with Crippen LogP contribution in [0.5, 0.6) is 0 Å². The number of halogens is 1. The summed E-state index contributed by atoms with van der Waals surface area (Å²) >= 11 is 0. The average Bonchev–Trinajstić information content (AvgIpc) is 2.69. The van der Waals surface area contributed by atoms with Crippen LogP contribution in [0.25, 0.3) is 11.1 Å². The van der Waals surface area contributed by atoms with E-state index in [9.17, 15) is 4.39 Å². The summed E-state index contributed by atoms with van der Waals surface area (Å²) in [4.78, 5) is 0. The normalized spacial score (nSPS) is 11.9. The van der Waals surface area contributed by atoms with Gasteiger partial charge in [-0.3, -0.25) is 0 Å². The third-order valence-electron chi connectivity index (χ3n) is 5.80. The minimum Gasteiger partial charge on any atom is -0.397 e. The molecule has 3 heteroatoms. The summed E-state index contributed by atoms with van der Waals surface area (Å²) in [6.45, 7) is 15.4. The minimum atomic E-state index is -0.218. The standard InChI is InChI=1S/C28H35FN2/c1-17(2)23-14-20(19-8-11-22(29)12-9-19)15-24(18(3)4)27(23)31-26-16-21(28(5,6)7)10-13-25(26)30/h8-18,31H,30H2,1-7H3. The number of nitrogen functional groups attached to an aromatic ring is 1. The summed E-state index contributed by atoms with van der Waals surface area (Å²) in [6.07, 6.45) is 0. The molecule has 0 radical (unpaired) electrons. The molecule has 31 heavy (non-hydrogen) atoms. The Morgan fingerprint density at radius 2 is 1.32 bits per heavy atom. The SMILES string of the molecule is CC(C)c1cc(-c2ccc(F)cc2)cc(C(C)C)c1Nc1cc(C(C)(C)C)ccc1N. The van der Waals surface area contributed by atoms with Gasteiger partial charge in [-0.05, 0) is 81.5 Å². The van der Waals surface area contributed by atoms with Gasteiger partial charge in [0.15, 0.2) is 0 Å². The van der Waals surface area contributed by atoms with Gasteiger partial charge in [0.25, 0.3) is 0 Å². The zero-order valence-corrected chi connectivity index (χ0v) is 19.8. The lowest BCUT2D eigenvalue weighted by molar-refractivity contribution is 0.590. The molecule has 3 rings (SSSR count). The second-order valence-corrected chi connectivity index (χ2v) is 10.0. The van der Waals surface area contributed by atoms with Crippen molar-refractivity contribution in [2.75, 3.05) is 11.1 Å². The van der Waals surface area contributed by atoms with Crippen LogP contribution in [0, 0.1) is 5.82 Å². The summed E-state index contributed by atoms with van der Waals surface area (Å²) in [5.74, 6) is 0.407. The monoisotopic (exact) mass is 418 g/mol. The first-order valence-corrected chi connectivity index (χ1v) is 11.1. The van der Waals surface area contributed by atoms with E-state index in [4.69, 9.17) is 5.73 Å². The predicted octanol–water partition coefficient (Wildman–Crippen LogP) is 8.36. The van der Waals surface area contributed by atoms with Gasteiger partial charge in [0.1, 0.15) is 5.82 Å². The Bertz CT molecular complexity index is 1030. The van der Waals surface area contributed by atoms with E-state index in [-0.39, 0.29) is 11.2 Å². The van der Waals surface area contributed by atoms with Crippen LogP contribution in [0.2, 0.25) is 0 Å². The third kappa shape index (κ3) is 5.10. The van der Waals surface area contributed by atoms with Gasteiger partial charge in [-0.2, -0.15) is 0 Å². The van der Waals surface area contributed by atoms with Crippen LogP contribution in [0.3, 0.4) is 0 Å². The molecule has 0 saturated carbocycles. The predicted molar refractivity (Wildman–Crippen MR) is 133 cm³/mol. The van der Waals surface area contributed by atoms with Gasteiger partial charge in [0.2, 0.25) is 0 Å². The topological polar surface area (TPSA) is 38.0 Å². The minimum absolute atomic E-state index is 0.0400. The Balaban J connectivity index is 2.17. The van der Waals surface area contributed by atoms with E-state index in [1.807, 2.05) is 18.2 Å². The molecule has 0 atom stereocenters. The van der Waals surface area contributed by atoms with Gasteiger partial charge in [0, 0.05) is 5.69 Å². The first kappa shape index (κ1) is 22.9. The van der Waals surface area contributed by atoms with Crippen LogP contribution in [0.4, 0.5) is 21.5 Å². The zero-order chi connectivity index (χ0) is 22.9. The maximum atomic E-state index is 13.5. The lowest BCUT2D eigenvalue weighted by Crippen LogP contribution is -2.12. The summed E-state index contributed by atoms with van der Waals surface area (Å²) in [5, 5.41) is 3.69. The maximum Gasteiger partial charge on any atom is 0.123 e. The molecule has 3 aromatic carbocycles. The number of anilines is 3. The second kappa shape index (κ2) is 8.74. The molecule has 0 amide bonds. The van der Waals surface area contributed by atoms with Crippen LogP contribution in [-0.4, -0.2) is 0 Å². The van der Waals surface area contributed by atoms with Gasteiger partial charge < -0.3 is 11.1 Å². The number of hydrogen-bond acceptors (Lipinski definition) is 2. The first-order valence-electron chi connectivity index (χ1n) is 11.1. The van der Waals surface area contributed by atoms with E-state index in [2.05, 4.69) is 78.0 Å².